The molecule has 6 heteroatoms. The van der Waals surface area contributed by atoms with E-state index in [0.717, 1.165) is 22.8 Å². The Bertz CT molecular complexity index is 1130. The molecule has 3 aromatic rings. The maximum absolute atomic E-state index is 12.4. The van der Waals surface area contributed by atoms with Crippen LogP contribution in [-0.4, -0.2) is 18.0 Å². The van der Waals surface area contributed by atoms with Crippen molar-refractivity contribution in [3.63, 3.8) is 0 Å². The fourth-order valence-corrected chi connectivity index (χ4v) is 2.75. The molecule has 0 unspecified atom stereocenters. The van der Waals surface area contributed by atoms with Crippen molar-refractivity contribution in [3.05, 3.63) is 75.1 Å². The molecule has 0 radical (unpaired) electrons. The molecular formula is C22H21NO5. The van der Waals surface area contributed by atoms with Crippen molar-refractivity contribution in [2.45, 2.75) is 33.8 Å². The molecule has 0 saturated heterocycles. The summed E-state index contributed by atoms with van der Waals surface area (Å²) in [4.78, 5) is 37.0. The van der Waals surface area contributed by atoms with E-state index in [2.05, 4.69) is 5.32 Å². The van der Waals surface area contributed by atoms with Crippen molar-refractivity contribution in [2.24, 2.45) is 0 Å². The molecule has 3 rings (SSSR count). The maximum atomic E-state index is 12.4. The van der Waals surface area contributed by atoms with Crippen LogP contribution in [0.5, 0.6) is 0 Å². The van der Waals surface area contributed by atoms with Gasteiger partial charge in [0.25, 0.3) is 5.91 Å². The van der Waals surface area contributed by atoms with E-state index in [1.165, 1.54) is 6.92 Å². The van der Waals surface area contributed by atoms with Gasteiger partial charge in [0, 0.05) is 11.8 Å². The number of rotatable bonds is 4. The van der Waals surface area contributed by atoms with Crippen molar-refractivity contribution in [1.29, 1.82) is 0 Å². The van der Waals surface area contributed by atoms with E-state index in [-0.39, 0.29) is 16.8 Å². The van der Waals surface area contributed by atoms with E-state index in [0.29, 0.717) is 11.1 Å². The van der Waals surface area contributed by atoms with Crippen LogP contribution in [-0.2, 0) is 9.53 Å². The monoisotopic (exact) mass is 379 g/mol. The first-order valence-electron chi connectivity index (χ1n) is 8.88. The number of anilines is 1. The molecule has 2 aromatic carbocycles. The van der Waals surface area contributed by atoms with Gasteiger partial charge in [-0.1, -0.05) is 23.8 Å². The molecule has 1 heterocycles. The highest BCUT2D eigenvalue weighted by atomic mass is 16.6. The van der Waals surface area contributed by atoms with Crippen LogP contribution >= 0.6 is 0 Å². The van der Waals surface area contributed by atoms with Crippen LogP contribution in [0.15, 0.2) is 51.7 Å². The first-order chi connectivity index (χ1) is 13.2. The Kier molecular flexibility index (Phi) is 5.31. The van der Waals surface area contributed by atoms with E-state index in [4.69, 9.17) is 9.15 Å². The highest BCUT2D eigenvalue weighted by molar-refractivity contribution is 5.97. The minimum absolute atomic E-state index is 0.243. The van der Waals surface area contributed by atoms with Crippen LogP contribution in [0.4, 0.5) is 5.69 Å². The zero-order valence-electron chi connectivity index (χ0n) is 16.2. The molecule has 6 nitrogen and oxygen atoms in total. The summed E-state index contributed by atoms with van der Waals surface area (Å²) in [6.07, 6.45) is -1.06. The highest BCUT2D eigenvalue weighted by Crippen LogP contribution is 2.18. The normalized spacial score (nSPS) is 11.9. The SMILES string of the molecule is Cc1ccc(C)c(NC(=O)[C@H](C)OC(=O)c2cc(=O)c3cc(C)ccc3o2)c1. The first kappa shape index (κ1) is 19.4. The summed E-state index contributed by atoms with van der Waals surface area (Å²) in [5, 5.41) is 3.13. The summed E-state index contributed by atoms with van der Waals surface area (Å²) in [5.74, 6) is -1.59. The van der Waals surface area contributed by atoms with Gasteiger partial charge in [-0.2, -0.15) is 0 Å². The van der Waals surface area contributed by atoms with E-state index in [1.54, 1.807) is 18.2 Å². The number of hydrogen-bond donors (Lipinski definition) is 1. The number of benzene rings is 2. The number of amides is 1. The van der Waals surface area contributed by atoms with Crippen LogP contribution in [0.1, 0.15) is 34.2 Å². The Morgan fingerprint density at radius 1 is 1.00 bits per heavy atom. The van der Waals surface area contributed by atoms with Crippen molar-refractivity contribution < 1.29 is 18.7 Å². The Hall–Kier alpha value is -3.41. The minimum Gasteiger partial charge on any atom is -0.449 e. The third kappa shape index (κ3) is 4.11. The summed E-state index contributed by atoms with van der Waals surface area (Å²) in [6, 6.07) is 11.9. The van der Waals surface area contributed by atoms with Crippen LogP contribution < -0.4 is 10.7 Å². The lowest BCUT2D eigenvalue weighted by molar-refractivity contribution is -0.123. The zero-order valence-corrected chi connectivity index (χ0v) is 16.2. The van der Waals surface area contributed by atoms with Crippen molar-refractivity contribution in [1.82, 2.24) is 0 Å². The van der Waals surface area contributed by atoms with Gasteiger partial charge < -0.3 is 14.5 Å². The first-order valence-corrected chi connectivity index (χ1v) is 8.88. The second-order valence-electron chi connectivity index (χ2n) is 6.83. The van der Waals surface area contributed by atoms with Gasteiger partial charge in [0.2, 0.25) is 5.76 Å². The van der Waals surface area contributed by atoms with E-state index < -0.39 is 18.0 Å². The maximum Gasteiger partial charge on any atom is 0.375 e. The molecule has 0 aliphatic rings. The largest absolute Gasteiger partial charge is 0.449 e. The molecule has 1 amide bonds. The average Bonchev–Trinajstić information content (AvgIpc) is 2.65. The molecule has 144 valence electrons. The summed E-state index contributed by atoms with van der Waals surface area (Å²) in [5.41, 5.74) is 3.40. The lowest BCUT2D eigenvalue weighted by atomic mass is 10.1. The van der Waals surface area contributed by atoms with Gasteiger partial charge in [-0.3, -0.25) is 9.59 Å². The molecule has 1 aromatic heterocycles. The molecule has 0 spiro atoms. The third-order valence-electron chi connectivity index (χ3n) is 4.39. The van der Waals surface area contributed by atoms with Gasteiger partial charge in [0.1, 0.15) is 5.58 Å². The molecular weight excluding hydrogens is 358 g/mol. The van der Waals surface area contributed by atoms with Crippen molar-refractivity contribution in [2.75, 3.05) is 5.32 Å². The fourth-order valence-electron chi connectivity index (χ4n) is 2.75. The zero-order chi connectivity index (χ0) is 20.4. The number of hydrogen-bond acceptors (Lipinski definition) is 5. The predicted octanol–water partition coefficient (Wildman–Crippen LogP) is 3.90. The Morgan fingerprint density at radius 2 is 1.68 bits per heavy atom. The molecule has 0 aliphatic heterocycles. The van der Waals surface area contributed by atoms with Gasteiger partial charge in [0.05, 0.1) is 5.39 Å². The van der Waals surface area contributed by atoms with E-state index in [9.17, 15) is 14.4 Å². The van der Waals surface area contributed by atoms with Crippen LogP contribution in [0, 0.1) is 20.8 Å². The molecule has 1 atom stereocenters. The number of nitrogens with one attached hydrogen (secondary N) is 1. The lowest BCUT2D eigenvalue weighted by Crippen LogP contribution is -2.30. The van der Waals surface area contributed by atoms with Gasteiger partial charge in [-0.25, -0.2) is 4.79 Å². The van der Waals surface area contributed by atoms with Crippen LogP contribution in [0.25, 0.3) is 11.0 Å². The third-order valence-corrected chi connectivity index (χ3v) is 4.39. The Balaban J connectivity index is 1.76. The summed E-state index contributed by atoms with van der Waals surface area (Å²) >= 11 is 0. The van der Waals surface area contributed by atoms with Gasteiger partial charge in [-0.05, 0) is 57.0 Å². The summed E-state index contributed by atoms with van der Waals surface area (Å²) in [7, 11) is 0. The standard InChI is InChI=1S/C22H21NO5/c1-12-6-8-19-16(9-12)18(24)11-20(28-19)22(26)27-15(4)21(25)23-17-10-13(2)5-7-14(17)3/h5-11,15H,1-4H3,(H,23,25)/t15-/m0/s1. The fraction of sp³-hybridized carbons (Fsp3) is 0.227. The second kappa shape index (κ2) is 7.68. The lowest BCUT2D eigenvalue weighted by Gasteiger charge is -2.15. The predicted molar refractivity (Wildman–Crippen MR) is 107 cm³/mol. The topological polar surface area (TPSA) is 85.6 Å². The number of aryl methyl sites for hydroxylation is 3. The molecule has 0 aliphatic carbocycles. The van der Waals surface area contributed by atoms with Gasteiger partial charge >= 0.3 is 5.97 Å². The molecule has 28 heavy (non-hydrogen) atoms. The van der Waals surface area contributed by atoms with Crippen molar-refractivity contribution >= 4 is 28.5 Å². The van der Waals surface area contributed by atoms with Crippen LogP contribution in [0.3, 0.4) is 0 Å². The Morgan fingerprint density at radius 3 is 2.43 bits per heavy atom. The highest BCUT2D eigenvalue weighted by Gasteiger charge is 2.22. The van der Waals surface area contributed by atoms with Gasteiger partial charge in [-0.15, -0.1) is 0 Å². The minimum atomic E-state index is -1.06. The summed E-state index contributed by atoms with van der Waals surface area (Å²) < 4.78 is 10.7. The quantitative estimate of drug-likeness (QED) is 0.695. The van der Waals surface area contributed by atoms with Gasteiger partial charge in [0.15, 0.2) is 11.5 Å². The van der Waals surface area contributed by atoms with E-state index >= 15 is 0 Å². The van der Waals surface area contributed by atoms with Crippen molar-refractivity contribution in [3.8, 4) is 0 Å². The molecule has 0 bridgehead atoms. The molecule has 0 fully saturated rings. The summed E-state index contributed by atoms with van der Waals surface area (Å²) in [6.45, 7) is 7.11. The number of esters is 1. The Labute approximate surface area is 162 Å². The second-order valence-corrected chi connectivity index (χ2v) is 6.83. The van der Waals surface area contributed by atoms with E-state index in [1.807, 2.05) is 39.0 Å². The molecule has 0 saturated carbocycles. The average molecular weight is 379 g/mol. The smallest absolute Gasteiger partial charge is 0.375 e. The number of carbonyl (C=O) groups excluding carboxylic acids is 2. The van der Waals surface area contributed by atoms with Crippen LogP contribution in [0.2, 0.25) is 0 Å². The number of fused-ring (bicyclic) bond motifs is 1. The number of ether oxygens (including phenoxy) is 1. The number of carbonyl (C=O) groups is 2. The molecule has 1 N–H and O–H groups in total.